The van der Waals surface area contributed by atoms with Crippen LogP contribution in [0.5, 0.6) is 0 Å². The average molecular weight is 335 g/mol. The number of nitrogens with one attached hydrogen (secondary N) is 1. The van der Waals surface area contributed by atoms with Crippen molar-refractivity contribution in [3.05, 3.63) is 29.8 Å². The van der Waals surface area contributed by atoms with E-state index in [9.17, 15) is 22.0 Å². The minimum absolute atomic E-state index is 0.303. The molecule has 0 bridgehead atoms. The van der Waals surface area contributed by atoms with Crippen molar-refractivity contribution in [1.82, 2.24) is 4.72 Å². The highest BCUT2D eigenvalue weighted by Gasteiger charge is 2.25. The molecule has 1 amide bonds. The molecule has 124 valence electrons. The second kappa shape index (κ2) is 7.64. The van der Waals surface area contributed by atoms with E-state index in [4.69, 9.17) is 4.74 Å². The SMILES string of the molecule is CC(C)CCO[C@H](C)C(=O)NS(=O)(=O)c1ccc(F)cc1F. The summed E-state index contributed by atoms with van der Waals surface area (Å²) in [6, 6.07) is 1.98. The van der Waals surface area contributed by atoms with Crippen LogP contribution in [0, 0.1) is 17.6 Å². The largest absolute Gasteiger partial charge is 0.369 e. The van der Waals surface area contributed by atoms with E-state index in [0.717, 1.165) is 18.6 Å². The third kappa shape index (κ3) is 5.34. The molecule has 0 unspecified atom stereocenters. The summed E-state index contributed by atoms with van der Waals surface area (Å²) >= 11 is 0. The van der Waals surface area contributed by atoms with Gasteiger partial charge in [0, 0.05) is 12.7 Å². The lowest BCUT2D eigenvalue weighted by Crippen LogP contribution is -2.39. The second-order valence-corrected chi connectivity index (χ2v) is 6.89. The van der Waals surface area contributed by atoms with Gasteiger partial charge in [0.05, 0.1) is 0 Å². The topological polar surface area (TPSA) is 72.5 Å². The van der Waals surface area contributed by atoms with Crippen molar-refractivity contribution in [2.24, 2.45) is 5.92 Å². The normalized spacial score (nSPS) is 13.2. The number of ether oxygens (including phenoxy) is 1. The highest BCUT2D eigenvalue weighted by molar-refractivity contribution is 7.90. The maximum Gasteiger partial charge on any atom is 0.267 e. The van der Waals surface area contributed by atoms with Crippen LogP contribution in [-0.4, -0.2) is 27.0 Å². The lowest BCUT2D eigenvalue weighted by molar-refractivity contribution is -0.130. The first kappa shape index (κ1) is 18.5. The molecule has 0 aromatic heterocycles. The van der Waals surface area contributed by atoms with Gasteiger partial charge in [0.1, 0.15) is 22.6 Å². The average Bonchev–Trinajstić information content (AvgIpc) is 2.36. The van der Waals surface area contributed by atoms with E-state index < -0.39 is 38.6 Å². The van der Waals surface area contributed by atoms with Crippen LogP contribution in [0.2, 0.25) is 0 Å². The predicted molar refractivity (Wildman–Crippen MR) is 76.6 cm³/mol. The van der Waals surface area contributed by atoms with Gasteiger partial charge in [-0.3, -0.25) is 4.79 Å². The van der Waals surface area contributed by atoms with Gasteiger partial charge in [0.2, 0.25) is 0 Å². The van der Waals surface area contributed by atoms with Crippen molar-refractivity contribution in [3.63, 3.8) is 0 Å². The summed E-state index contributed by atoms with van der Waals surface area (Å²) in [4.78, 5) is 11.0. The summed E-state index contributed by atoms with van der Waals surface area (Å²) in [5.41, 5.74) is 0. The van der Waals surface area contributed by atoms with Crippen molar-refractivity contribution < 1.29 is 26.7 Å². The third-order valence-electron chi connectivity index (χ3n) is 2.85. The number of carbonyl (C=O) groups excluding carboxylic acids is 1. The number of amides is 1. The van der Waals surface area contributed by atoms with E-state index in [1.165, 1.54) is 6.92 Å². The Morgan fingerprint density at radius 3 is 2.45 bits per heavy atom. The van der Waals surface area contributed by atoms with Crippen molar-refractivity contribution in [2.75, 3.05) is 6.61 Å². The Bertz CT molecular complexity index is 632. The smallest absolute Gasteiger partial charge is 0.267 e. The van der Waals surface area contributed by atoms with Crippen LogP contribution in [0.3, 0.4) is 0 Å². The molecule has 0 fully saturated rings. The summed E-state index contributed by atoms with van der Waals surface area (Å²) < 4.78 is 57.0. The standard InChI is InChI=1S/C14H19F2NO4S/c1-9(2)6-7-21-10(3)14(18)17-22(19,20)13-5-4-11(15)8-12(13)16/h4-5,8-10H,6-7H2,1-3H3,(H,17,18)/t10-/m1/s1. The zero-order valence-electron chi connectivity index (χ0n) is 12.6. The zero-order chi connectivity index (χ0) is 16.9. The van der Waals surface area contributed by atoms with Gasteiger partial charge in [-0.1, -0.05) is 13.8 Å². The van der Waals surface area contributed by atoms with Crippen molar-refractivity contribution in [2.45, 2.75) is 38.2 Å². The maximum absolute atomic E-state index is 13.5. The fourth-order valence-electron chi connectivity index (χ4n) is 1.52. The molecule has 0 heterocycles. The first-order valence-corrected chi connectivity index (χ1v) is 8.25. The van der Waals surface area contributed by atoms with Crippen LogP contribution in [0.15, 0.2) is 23.1 Å². The molecule has 0 aliphatic carbocycles. The van der Waals surface area contributed by atoms with Gasteiger partial charge in [-0.2, -0.15) is 0 Å². The summed E-state index contributed by atoms with van der Waals surface area (Å²) in [7, 11) is -4.41. The van der Waals surface area contributed by atoms with Crippen LogP contribution >= 0.6 is 0 Å². The molecule has 22 heavy (non-hydrogen) atoms. The Balaban J connectivity index is 2.73. The Morgan fingerprint density at radius 2 is 1.91 bits per heavy atom. The van der Waals surface area contributed by atoms with Crippen LogP contribution in [0.25, 0.3) is 0 Å². The van der Waals surface area contributed by atoms with Crippen LogP contribution in [-0.2, 0) is 19.6 Å². The van der Waals surface area contributed by atoms with Crippen molar-refractivity contribution in [1.29, 1.82) is 0 Å². The minimum atomic E-state index is -4.41. The lowest BCUT2D eigenvalue weighted by Gasteiger charge is -2.14. The summed E-state index contributed by atoms with van der Waals surface area (Å²) in [6.45, 7) is 5.66. The van der Waals surface area contributed by atoms with Crippen LogP contribution < -0.4 is 4.72 Å². The van der Waals surface area contributed by atoms with Crippen LogP contribution in [0.4, 0.5) is 8.78 Å². The van der Waals surface area contributed by atoms with E-state index in [2.05, 4.69) is 0 Å². The second-order valence-electron chi connectivity index (χ2n) is 5.24. The van der Waals surface area contributed by atoms with E-state index in [1.807, 2.05) is 13.8 Å². The Kier molecular flexibility index (Phi) is 6.43. The molecule has 1 N–H and O–H groups in total. The lowest BCUT2D eigenvalue weighted by atomic mass is 10.1. The highest BCUT2D eigenvalue weighted by atomic mass is 32.2. The summed E-state index contributed by atoms with van der Waals surface area (Å²) in [5, 5.41) is 0. The van der Waals surface area contributed by atoms with Gasteiger partial charge < -0.3 is 4.74 Å². The summed E-state index contributed by atoms with van der Waals surface area (Å²) in [5.74, 6) is -2.71. The number of benzene rings is 1. The van der Waals surface area contributed by atoms with E-state index in [-0.39, 0.29) is 0 Å². The Morgan fingerprint density at radius 1 is 1.27 bits per heavy atom. The molecule has 0 aliphatic heterocycles. The quantitative estimate of drug-likeness (QED) is 0.829. The van der Waals surface area contributed by atoms with Gasteiger partial charge in [0.15, 0.2) is 0 Å². The molecule has 1 aromatic rings. The third-order valence-corrected chi connectivity index (χ3v) is 4.23. The van der Waals surface area contributed by atoms with Crippen molar-refractivity contribution in [3.8, 4) is 0 Å². The summed E-state index contributed by atoms with van der Waals surface area (Å²) in [6.07, 6.45) is -0.284. The first-order chi connectivity index (χ1) is 10.1. The molecule has 0 saturated heterocycles. The molecule has 1 atom stereocenters. The fraction of sp³-hybridized carbons (Fsp3) is 0.500. The number of hydrogen-bond acceptors (Lipinski definition) is 4. The van der Waals surface area contributed by atoms with Gasteiger partial charge >= 0.3 is 0 Å². The molecular formula is C14H19F2NO4S. The molecule has 0 aliphatic rings. The number of carbonyl (C=O) groups is 1. The van der Waals surface area contributed by atoms with Crippen molar-refractivity contribution >= 4 is 15.9 Å². The molecule has 0 radical (unpaired) electrons. The number of halogens is 2. The minimum Gasteiger partial charge on any atom is -0.369 e. The first-order valence-electron chi connectivity index (χ1n) is 6.77. The molecule has 0 saturated carbocycles. The molecular weight excluding hydrogens is 316 g/mol. The van der Waals surface area contributed by atoms with Gasteiger partial charge in [-0.15, -0.1) is 0 Å². The van der Waals surface area contributed by atoms with Crippen LogP contribution in [0.1, 0.15) is 27.2 Å². The van der Waals surface area contributed by atoms with E-state index >= 15 is 0 Å². The van der Waals surface area contributed by atoms with E-state index in [1.54, 1.807) is 4.72 Å². The number of sulfonamides is 1. The molecule has 8 heteroatoms. The zero-order valence-corrected chi connectivity index (χ0v) is 13.4. The molecule has 0 spiro atoms. The van der Waals surface area contributed by atoms with E-state index in [0.29, 0.717) is 18.6 Å². The fourth-order valence-corrected chi connectivity index (χ4v) is 2.62. The predicted octanol–water partition coefficient (Wildman–Crippen LogP) is 2.22. The Labute approximate surface area is 128 Å². The van der Waals surface area contributed by atoms with Gasteiger partial charge in [0.25, 0.3) is 15.9 Å². The maximum atomic E-state index is 13.5. The highest BCUT2D eigenvalue weighted by Crippen LogP contribution is 2.15. The molecule has 5 nitrogen and oxygen atoms in total. The number of rotatable bonds is 7. The number of hydrogen-bond donors (Lipinski definition) is 1. The van der Waals surface area contributed by atoms with Gasteiger partial charge in [-0.05, 0) is 31.4 Å². The Hall–Kier alpha value is -1.54. The molecule has 1 aromatic carbocycles. The monoisotopic (exact) mass is 335 g/mol. The molecule has 1 rings (SSSR count). The van der Waals surface area contributed by atoms with Gasteiger partial charge in [-0.25, -0.2) is 21.9 Å².